The largest absolute Gasteiger partial charge is 0.340 e. The van der Waals surface area contributed by atoms with E-state index >= 15 is 0 Å². The van der Waals surface area contributed by atoms with Crippen molar-refractivity contribution in [2.45, 2.75) is 0 Å². The number of anilines is 2. The second-order valence-electron chi connectivity index (χ2n) is 4.02. The third-order valence-corrected chi connectivity index (χ3v) is 2.88. The maximum absolute atomic E-state index is 8.94. The van der Waals surface area contributed by atoms with Crippen molar-refractivity contribution < 1.29 is 0 Å². The molecule has 0 bridgehead atoms. The van der Waals surface area contributed by atoms with Crippen LogP contribution in [-0.4, -0.2) is 27.0 Å². The van der Waals surface area contributed by atoms with Gasteiger partial charge in [-0.3, -0.25) is 0 Å². The minimum Gasteiger partial charge on any atom is -0.340 e. The van der Waals surface area contributed by atoms with E-state index in [1.54, 1.807) is 12.4 Å². The monoisotopic (exact) mass is 250 g/mol. The lowest BCUT2D eigenvalue weighted by atomic mass is 10.2. The number of hydrogen-bond acceptors (Lipinski definition) is 5. The molecule has 0 amide bonds. The summed E-state index contributed by atoms with van der Waals surface area (Å²) in [5.41, 5.74) is 2.88. The zero-order valence-electron chi connectivity index (χ0n) is 10.2. The Kier molecular flexibility index (Phi) is 2.58. The van der Waals surface area contributed by atoms with Crippen LogP contribution in [0.1, 0.15) is 5.56 Å². The highest BCUT2D eigenvalue weighted by atomic mass is 15.2. The highest BCUT2D eigenvalue weighted by molar-refractivity contribution is 5.85. The predicted molar refractivity (Wildman–Crippen MR) is 70.9 cm³/mol. The van der Waals surface area contributed by atoms with Crippen LogP contribution < -0.4 is 4.90 Å². The Morgan fingerprint density at radius 2 is 2.16 bits per heavy atom. The van der Waals surface area contributed by atoms with Crippen LogP contribution in [0.2, 0.25) is 0 Å². The molecule has 1 aromatic carbocycles. The lowest BCUT2D eigenvalue weighted by Gasteiger charge is -2.18. The quantitative estimate of drug-likeness (QED) is 0.752. The van der Waals surface area contributed by atoms with E-state index < -0.39 is 0 Å². The number of aromatic nitrogens is 4. The maximum Gasteiger partial charge on any atom is 0.182 e. The molecular formula is C13H10N6. The first-order valence-corrected chi connectivity index (χ1v) is 5.67. The average molecular weight is 250 g/mol. The van der Waals surface area contributed by atoms with Crippen LogP contribution >= 0.6 is 0 Å². The normalized spacial score (nSPS) is 10.3. The topological polar surface area (TPSA) is 81.5 Å². The van der Waals surface area contributed by atoms with E-state index in [0.717, 1.165) is 17.0 Å². The first-order chi connectivity index (χ1) is 9.29. The molecule has 92 valence electrons. The molecule has 2 heterocycles. The zero-order chi connectivity index (χ0) is 13.2. The highest BCUT2D eigenvalue weighted by Gasteiger charge is 2.12. The Balaban J connectivity index is 2.10. The van der Waals surface area contributed by atoms with E-state index in [9.17, 15) is 0 Å². The van der Waals surface area contributed by atoms with Gasteiger partial charge in [0.15, 0.2) is 11.5 Å². The van der Waals surface area contributed by atoms with Crippen LogP contribution in [0.3, 0.4) is 0 Å². The van der Waals surface area contributed by atoms with Gasteiger partial charge in [0.05, 0.1) is 18.0 Å². The molecule has 19 heavy (non-hydrogen) atoms. The number of hydrogen-bond donors (Lipinski definition) is 1. The highest BCUT2D eigenvalue weighted by Crippen LogP contribution is 2.26. The van der Waals surface area contributed by atoms with Crippen molar-refractivity contribution in [1.82, 2.24) is 19.9 Å². The Morgan fingerprint density at radius 1 is 1.26 bits per heavy atom. The smallest absolute Gasteiger partial charge is 0.182 e. The number of rotatable bonds is 2. The van der Waals surface area contributed by atoms with Gasteiger partial charge in [-0.15, -0.1) is 0 Å². The number of nitrogens with one attached hydrogen (secondary N) is 1. The summed E-state index contributed by atoms with van der Waals surface area (Å²) in [5.74, 6) is 0.720. The van der Waals surface area contributed by atoms with Gasteiger partial charge < -0.3 is 9.88 Å². The molecule has 6 nitrogen and oxygen atoms in total. The molecule has 0 aliphatic carbocycles. The van der Waals surface area contributed by atoms with Crippen LogP contribution in [0.5, 0.6) is 0 Å². The van der Waals surface area contributed by atoms with Crippen molar-refractivity contribution in [3.63, 3.8) is 0 Å². The van der Waals surface area contributed by atoms with Gasteiger partial charge in [-0.25, -0.2) is 15.0 Å². The SMILES string of the molecule is CN(c1cccc(C#N)c1)c1ncnc2nc[nH]c12. The first-order valence-electron chi connectivity index (χ1n) is 5.67. The van der Waals surface area contributed by atoms with E-state index in [0.29, 0.717) is 11.2 Å². The van der Waals surface area contributed by atoms with Gasteiger partial charge in [0.25, 0.3) is 0 Å². The average Bonchev–Trinajstić information content (AvgIpc) is 2.95. The molecule has 0 fully saturated rings. The Labute approximate surface area is 109 Å². The van der Waals surface area contributed by atoms with Gasteiger partial charge in [-0.2, -0.15) is 5.26 Å². The molecule has 0 saturated heterocycles. The van der Waals surface area contributed by atoms with Gasteiger partial charge in [0.2, 0.25) is 0 Å². The molecule has 3 rings (SSSR count). The summed E-state index contributed by atoms with van der Waals surface area (Å²) in [6.07, 6.45) is 3.06. The molecule has 0 saturated carbocycles. The van der Waals surface area contributed by atoms with Crippen LogP contribution in [-0.2, 0) is 0 Å². The lowest BCUT2D eigenvalue weighted by molar-refractivity contribution is 1.10. The fraction of sp³-hybridized carbons (Fsp3) is 0.0769. The van der Waals surface area contributed by atoms with Gasteiger partial charge in [-0.1, -0.05) is 6.07 Å². The van der Waals surface area contributed by atoms with E-state index in [4.69, 9.17) is 5.26 Å². The Morgan fingerprint density at radius 3 is 3.00 bits per heavy atom. The zero-order valence-corrected chi connectivity index (χ0v) is 10.2. The second-order valence-corrected chi connectivity index (χ2v) is 4.02. The molecule has 1 N–H and O–H groups in total. The maximum atomic E-state index is 8.94. The second kappa shape index (κ2) is 4.38. The van der Waals surface area contributed by atoms with E-state index in [2.05, 4.69) is 26.0 Å². The molecule has 2 aromatic heterocycles. The molecule has 3 aromatic rings. The van der Waals surface area contributed by atoms with Gasteiger partial charge in [-0.05, 0) is 18.2 Å². The number of aromatic amines is 1. The third-order valence-electron chi connectivity index (χ3n) is 2.88. The van der Waals surface area contributed by atoms with Crippen LogP contribution in [0.15, 0.2) is 36.9 Å². The van der Waals surface area contributed by atoms with Crippen LogP contribution in [0.25, 0.3) is 11.2 Å². The first kappa shape index (κ1) is 11.2. The molecule has 0 atom stereocenters. The van der Waals surface area contributed by atoms with Crippen molar-refractivity contribution in [3.8, 4) is 6.07 Å². The van der Waals surface area contributed by atoms with Crippen molar-refractivity contribution in [2.75, 3.05) is 11.9 Å². The van der Waals surface area contributed by atoms with Gasteiger partial charge in [0.1, 0.15) is 11.8 Å². The fourth-order valence-corrected chi connectivity index (χ4v) is 1.91. The summed E-state index contributed by atoms with van der Waals surface area (Å²) in [4.78, 5) is 17.4. The summed E-state index contributed by atoms with van der Waals surface area (Å²) in [6, 6.07) is 9.47. The molecule has 6 heteroatoms. The Bertz CT molecular complexity index is 770. The molecule has 0 radical (unpaired) electrons. The number of fused-ring (bicyclic) bond motifs is 1. The van der Waals surface area contributed by atoms with Crippen molar-refractivity contribution in [2.24, 2.45) is 0 Å². The van der Waals surface area contributed by atoms with Gasteiger partial charge in [0, 0.05) is 12.7 Å². The number of nitriles is 1. The number of imidazole rings is 1. The predicted octanol–water partition coefficient (Wildman–Crippen LogP) is 1.99. The molecular weight excluding hydrogens is 240 g/mol. The molecule has 0 aliphatic rings. The summed E-state index contributed by atoms with van der Waals surface area (Å²) in [7, 11) is 1.89. The number of H-pyrrole nitrogens is 1. The van der Waals surface area contributed by atoms with Crippen molar-refractivity contribution in [3.05, 3.63) is 42.5 Å². The van der Waals surface area contributed by atoms with E-state index in [1.165, 1.54) is 6.33 Å². The minimum absolute atomic E-state index is 0.610. The third kappa shape index (κ3) is 1.87. The standard InChI is InChI=1S/C13H10N6/c1-19(10-4-2-3-9(5-10)6-14)13-11-12(16-7-15-11)17-8-18-13/h2-5,7-8H,1H3,(H,15,16,17,18). The van der Waals surface area contributed by atoms with Gasteiger partial charge >= 0.3 is 0 Å². The molecule has 0 aliphatic heterocycles. The minimum atomic E-state index is 0.610. The van der Waals surface area contributed by atoms with Crippen LogP contribution in [0.4, 0.5) is 11.5 Å². The molecule has 0 spiro atoms. The summed E-state index contributed by atoms with van der Waals surface area (Å²) < 4.78 is 0. The Hall–Kier alpha value is -2.94. The lowest BCUT2D eigenvalue weighted by Crippen LogP contribution is -2.12. The fourth-order valence-electron chi connectivity index (χ4n) is 1.91. The van der Waals surface area contributed by atoms with Crippen molar-refractivity contribution >= 4 is 22.7 Å². The summed E-state index contributed by atoms with van der Waals surface area (Å²) in [5, 5.41) is 8.94. The van der Waals surface area contributed by atoms with Crippen LogP contribution in [0, 0.1) is 11.3 Å². The van der Waals surface area contributed by atoms with E-state index in [1.807, 2.05) is 30.1 Å². The molecule has 0 unspecified atom stereocenters. The number of benzene rings is 1. The number of nitrogens with zero attached hydrogens (tertiary/aromatic N) is 5. The van der Waals surface area contributed by atoms with E-state index in [-0.39, 0.29) is 0 Å². The van der Waals surface area contributed by atoms with Crippen molar-refractivity contribution in [1.29, 1.82) is 5.26 Å². The summed E-state index contributed by atoms with van der Waals surface area (Å²) in [6.45, 7) is 0. The summed E-state index contributed by atoms with van der Waals surface area (Å²) >= 11 is 0.